The summed E-state index contributed by atoms with van der Waals surface area (Å²) in [7, 11) is 3.35. The van der Waals surface area contributed by atoms with Gasteiger partial charge in [0.1, 0.15) is 0 Å². The Morgan fingerprint density at radius 1 is 1.08 bits per heavy atom. The number of nitrogens with zero attached hydrogens (tertiary/aromatic N) is 2. The number of allylic oxidation sites excluding steroid dienone is 4. The van der Waals surface area contributed by atoms with Gasteiger partial charge in [-0.1, -0.05) is 87.0 Å². The number of likely N-dealkylation sites (tertiary alicyclic amines) is 1. The number of alkyl halides is 3. The summed E-state index contributed by atoms with van der Waals surface area (Å²) in [5.74, 6) is 0.173. The van der Waals surface area contributed by atoms with Gasteiger partial charge in [-0.15, -0.1) is 12.8 Å². The van der Waals surface area contributed by atoms with E-state index in [9.17, 15) is 18.0 Å². The minimum atomic E-state index is -4.42. The first kappa shape index (κ1) is 46.3. The Bertz CT molecular complexity index is 695. The van der Waals surface area contributed by atoms with Gasteiger partial charge >= 0.3 is 6.18 Å². The highest BCUT2D eigenvalue weighted by Crippen LogP contribution is 2.28. The van der Waals surface area contributed by atoms with Crippen molar-refractivity contribution in [3.63, 3.8) is 0 Å². The van der Waals surface area contributed by atoms with Gasteiger partial charge in [-0.3, -0.25) is 9.69 Å². The van der Waals surface area contributed by atoms with Crippen LogP contribution in [0.1, 0.15) is 94.9 Å². The van der Waals surface area contributed by atoms with Crippen LogP contribution >= 0.6 is 0 Å². The second-order valence-electron chi connectivity index (χ2n) is 6.91. The van der Waals surface area contributed by atoms with Crippen LogP contribution in [-0.4, -0.2) is 62.7 Å². The maximum atomic E-state index is 13.1. The third kappa shape index (κ3) is 24.3. The van der Waals surface area contributed by atoms with Crippen molar-refractivity contribution in [3.8, 4) is 12.8 Å². The number of halogens is 3. The van der Waals surface area contributed by atoms with E-state index in [1.54, 1.807) is 26.0 Å². The van der Waals surface area contributed by atoms with Gasteiger partial charge in [0.15, 0.2) is 0 Å². The molecule has 39 heavy (non-hydrogen) atoms. The predicted octanol–water partition coefficient (Wildman–Crippen LogP) is 8.39. The molecule has 0 radical (unpaired) electrons. The van der Waals surface area contributed by atoms with E-state index in [4.69, 9.17) is 4.74 Å². The molecule has 1 amide bonds. The fraction of sp³-hybridized carbons (Fsp3) is 0.677. The maximum absolute atomic E-state index is 13.1. The van der Waals surface area contributed by atoms with E-state index in [1.807, 2.05) is 67.3 Å². The lowest BCUT2D eigenvalue weighted by Gasteiger charge is -2.31. The van der Waals surface area contributed by atoms with Crippen molar-refractivity contribution in [2.24, 2.45) is 4.99 Å². The molecule has 5 nitrogen and oxygen atoms in total. The zero-order chi connectivity index (χ0) is 31.9. The first-order valence-electron chi connectivity index (χ1n) is 14.2. The molecule has 1 heterocycles. The normalized spacial score (nSPS) is 15.7. The van der Waals surface area contributed by atoms with E-state index < -0.39 is 11.7 Å². The van der Waals surface area contributed by atoms with Crippen molar-refractivity contribution < 1.29 is 22.7 Å². The molecule has 230 valence electrons. The molecular formula is C31H58F3N3O2. The summed E-state index contributed by atoms with van der Waals surface area (Å²) in [5.41, 5.74) is -0.298. The molecule has 0 saturated carbocycles. The van der Waals surface area contributed by atoms with E-state index in [0.717, 1.165) is 38.0 Å². The van der Waals surface area contributed by atoms with Crippen LogP contribution in [0.15, 0.2) is 40.4 Å². The number of rotatable bonds is 8. The van der Waals surface area contributed by atoms with E-state index in [2.05, 4.69) is 23.2 Å². The van der Waals surface area contributed by atoms with E-state index >= 15 is 0 Å². The Kier molecular flexibility index (Phi) is 39.8. The third-order valence-corrected chi connectivity index (χ3v) is 4.63. The van der Waals surface area contributed by atoms with E-state index in [-0.39, 0.29) is 37.4 Å². The highest BCUT2D eigenvalue weighted by molar-refractivity contribution is 5.87. The molecule has 1 N–H and O–H groups in total. The number of terminal acetylenes is 1. The molecule has 1 saturated heterocycles. The largest absolute Gasteiger partial charge is 0.483 e. The average molecular weight is 562 g/mol. The molecule has 0 aromatic rings. The number of likely N-dealkylation sites (N-methyl/N-ethyl adjacent to an activating group) is 1. The number of aliphatic imine (C=N–C) groups is 1. The highest BCUT2D eigenvalue weighted by Gasteiger charge is 2.31. The van der Waals surface area contributed by atoms with Gasteiger partial charge in [-0.25, -0.2) is 4.99 Å². The third-order valence-electron chi connectivity index (χ3n) is 4.63. The lowest BCUT2D eigenvalue weighted by Crippen LogP contribution is -2.48. The van der Waals surface area contributed by atoms with Gasteiger partial charge in [0.2, 0.25) is 11.8 Å². The van der Waals surface area contributed by atoms with E-state index in [1.165, 1.54) is 7.11 Å². The summed E-state index contributed by atoms with van der Waals surface area (Å²) >= 11 is 0. The van der Waals surface area contributed by atoms with Crippen molar-refractivity contribution in [2.45, 2.75) is 107 Å². The SMILES string of the molecule is C#C.CC.CC.CC.CC.C\C=C/C(=C\C(=C\CC)C(F)(F)F)CN=C(CNC(=O)C1CCCCN1C)OC. The van der Waals surface area contributed by atoms with Crippen LogP contribution in [0, 0.1) is 12.8 Å². The van der Waals surface area contributed by atoms with Crippen LogP contribution in [0.2, 0.25) is 0 Å². The van der Waals surface area contributed by atoms with E-state index in [0.29, 0.717) is 5.57 Å². The molecular weight excluding hydrogens is 503 g/mol. The lowest BCUT2D eigenvalue weighted by atomic mass is 10.0. The Morgan fingerprint density at radius 3 is 2.03 bits per heavy atom. The second-order valence-corrected chi connectivity index (χ2v) is 6.91. The van der Waals surface area contributed by atoms with Gasteiger partial charge in [-0.2, -0.15) is 13.2 Å². The van der Waals surface area contributed by atoms with Crippen LogP contribution in [0.5, 0.6) is 0 Å². The fourth-order valence-corrected chi connectivity index (χ4v) is 3.10. The number of hydrogen-bond donors (Lipinski definition) is 1. The molecule has 1 rings (SSSR count). The van der Waals surface area contributed by atoms with Crippen molar-refractivity contribution in [3.05, 3.63) is 35.5 Å². The number of carbonyl (C=O) groups excluding carboxylic acids is 1. The topological polar surface area (TPSA) is 53.9 Å². The van der Waals surface area contributed by atoms with Crippen molar-refractivity contribution in [1.29, 1.82) is 0 Å². The zero-order valence-corrected chi connectivity index (χ0v) is 26.8. The van der Waals surface area contributed by atoms with Crippen molar-refractivity contribution >= 4 is 11.8 Å². The number of ether oxygens (including phenoxy) is 1. The number of piperidine rings is 1. The predicted molar refractivity (Wildman–Crippen MR) is 165 cm³/mol. The van der Waals surface area contributed by atoms with Gasteiger partial charge in [0.05, 0.1) is 31.8 Å². The number of carbonyl (C=O) groups is 1. The average Bonchev–Trinajstić information content (AvgIpc) is 2.97. The molecule has 0 bridgehead atoms. The number of amides is 1. The second kappa shape index (κ2) is 33.5. The fourth-order valence-electron chi connectivity index (χ4n) is 3.10. The van der Waals surface area contributed by atoms with Gasteiger partial charge in [-0.05, 0) is 51.4 Å². The van der Waals surface area contributed by atoms with Crippen molar-refractivity contribution in [2.75, 3.05) is 33.8 Å². The zero-order valence-electron chi connectivity index (χ0n) is 26.8. The number of nitrogens with one attached hydrogen (secondary N) is 1. The molecule has 0 aliphatic carbocycles. The van der Waals surface area contributed by atoms with Crippen molar-refractivity contribution in [1.82, 2.24) is 10.2 Å². The lowest BCUT2D eigenvalue weighted by molar-refractivity contribution is -0.126. The van der Waals surface area contributed by atoms with Crippen LogP contribution in [0.3, 0.4) is 0 Å². The van der Waals surface area contributed by atoms with Crippen LogP contribution in [0.4, 0.5) is 13.2 Å². The molecule has 8 heteroatoms. The van der Waals surface area contributed by atoms with Gasteiger partial charge < -0.3 is 10.1 Å². The van der Waals surface area contributed by atoms with Gasteiger partial charge in [0, 0.05) is 0 Å². The Balaban J connectivity index is -0.000000344. The molecule has 1 atom stereocenters. The highest BCUT2D eigenvalue weighted by atomic mass is 19.4. The summed E-state index contributed by atoms with van der Waals surface area (Å²) in [4.78, 5) is 18.6. The molecule has 0 aromatic carbocycles. The van der Waals surface area contributed by atoms with Gasteiger partial charge in [0.25, 0.3) is 0 Å². The summed E-state index contributed by atoms with van der Waals surface area (Å²) in [6.45, 7) is 20.4. The standard InChI is InChI=1S/C21H32F3N3O2.4C2H6.C2H2/c1-5-9-16(13-17(10-6-2)21(22,23)24)14-25-19(29-4)15-26-20(28)18-11-7-8-12-27(18)3;5*1-2/h5,9-10,13,18H,6-8,11-12,14-15H2,1-4H3,(H,26,28);4*1-2H3;1-2H/b9-5-,16-13+,17-10-,25-19?;;;;;. The molecule has 1 unspecified atom stereocenters. The summed E-state index contributed by atoms with van der Waals surface area (Å²) in [5, 5.41) is 2.81. The van der Waals surface area contributed by atoms with Crippen LogP contribution in [-0.2, 0) is 9.53 Å². The first-order valence-corrected chi connectivity index (χ1v) is 14.2. The molecule has 0 aromatic heterocycles. The Hall–Kier alpha value is -2.53. The molecule has 1 aliphatic heterocycles. The Labute approximate surface area is 239 Å². The number of hydrogen-bond acceptors (Lipinski definition) is 4. The maximum Gasteiger partial charge on any atom is 0.416 e. The van der Waals surface area contributed by atoms with Crippen LogP contribution in [0.25, 0.3) is 0 Å². The summed E-state index contributed by atoms with van der Waals surface area (Å²) in [6.07, 6.45) is 12.2. The smallest absolute Gasteiger partial charge is 0.416 e. The molecule has 0 spiro atoms. The van der Waals surface area contributed by atoms with Crippen LogP contribution < -0.4 is 5.32 Å². The first-order chi connectivity index (χ1) is 18.7. The quantitative estimate of drug-likeness (QED) is 0.140. The Morgan fingerprint density at radius 2 is 1.62 bits per heavy atom. The minimum Gasteiger partial charge on any atom is -0.483 e. The number of methoxy groups -OCH3 is 1. The summed E-state index contributed by atoms with van der Waals surface area (Å²) in [6, 6.07) is -0.172. The summed E-state index contributed by atoms with van der Waals surface area (Å²) < 4.78 is 44.6. The monoisotopic (exact) mass is 561 g/mol. The minimum absolute atomic E-state index is 0.0177. The molecule has 1 aliphatic rings. The molecule has 1 fully saturated rings.